The number of rotatable bonds is 3. The number of phenolic OH excluding ortho intramolecular Hbond substituents is 1. The molecule has 36 heavy (non-hydrogen) atoms. The third kappa shape index (κ3) is 2.96. The first kappa shape index (κ1) is 25.5. The van der Waals surface area contributed by atoms with E-state index in [9.17, 15) is 34.8 Å². The Balaban J connectivity index is 2.10. The fourth-order valence-electron chi connectivity index (χ4n) is 6.34. The predicted molar refractivity (Wildman–Crippen MR) is 132 cm³/mol. The Morgan fingerprint density at radius 1 is 1.11 bits per heavy atom. The van der Waals surface area contributed by atoms with E-state index in [4.69, 9.17) is 11.5 Å². The molecule has 1 saturated carbocycles. The first-order valence-corrected chi connectivity index (χ1v) is 11.5. The maximum Gasteiger partial charge on any atom is 0.255 e. The Hall–Kier alpha value is -3.57. The van der Waals surface area contributed by atoms with E-state index >= 15 is 0 Å². The quantitative estimate of drug-likeness (QED) is 0.192. The number of benzene rings is 1. The van der Waals surface area contributed by atoms with E-state index < -0.39 is 69.2 Å². The number of hydrogen-bond acceptors (Lipinski definition) is 10. The van der Waals surface area contributed by atoms with Crippen LogP contribution in [0, 0.1) is 11.8 Å². The molecule has 1 fully saturated rings. The number of Topliss-reactive ketones (excluding diaryl/α,β-unsaturated/α-hetero) is 2. The predicted octanol–water partition coefficient (Wildman–Crippen LogP) is 0.347. The summed E-state index contributed by atoms with van der Waals surface area (Å²) in [5.41, 5.74) is 7.81. The Morgan fingerprint density at radius 2 is 1.69 bits per heavy atom. The van der Waals surface area contributed by atoms with Gasteiger partial charge in [-0.25, -0.2) is 0 Å². The second-order valence-corrected chi connectivity index (χ2v) is 10.8. The monoisotopic (exact) mass is 500 g/mol. The van der Waals surface area contributed by atoms with Crippen LogP contribution in [0.25, 0.3) is 5.76 Å². The number of fused-ring (bicyclic) bond motifs is 3. The number of hydrogen-bond donors (Lipinski definition) is 6. The molecule has 4 rings (SSSR count). The molecule has 8 N–H and O–H groups in total. The van der Waals surface area contributed by atoms with Gasteiger partial charge in [0.2, 0.25) is 5.78 Å². The maximum absolute atomic E-state index is 14.0. The lowest BCUT2D eigenvalue weighted by atomic mass is 9.52. The maximum atomic E-state index is 14.0. The number of carbonyl (C=O) groups excluding carboxylic acids is 3. The highest BCUT2D eigenvalue weighted by molar-refractivity contribution is 6.24. The smallest absolute Gasteiger partial charge is 0.255 e. The number of ketones is 2. The van der Waals surface area contributed by atoms with Gasteiger partial charge in [-0.15, -0.1) is 0 Å². The van der Waals surface area contributed by atoms with Crippen molar-refractivity contribution in [2.45, 2.75) is 37.3 Å². The molecular weight excluding hydrogens is 468 g/mol. The zero-order valence-electron chi connectivity index (χ0n) is 21.1. The standard InChI is InChI=1S/C25H32N4O7/c1-24(2)9-7-10-17(29(5)6)20(32)15(23(27)35)22(34)25(10,36)21(33)13(9)19(31)14-16(24)12(28(3)4)8-11(26)18(14)30/h8-10,17,30-31,34,36H,7,26H2,1-6H3,(H2,27,35)/t9-,10-,17-,25-/m0/s1. The third-order valence-electron chi connectivity index (χ3n) is 8.06. The molecule has 194 valence electrons. The van der Waals surface area contributed by atoms with Crippen LogP contribution in [0.4, 0.5) is 11.4 Å². The normalized spacial score (nSPS) is 29.2. The van der Waals surface area contributed by atoms with Crippen molar-refractivity contribution >= 4 is 34.6 Å². The van der Waals surface area contributed by atoms with Crippen molar-refractivity contribution < 1.29 is 34.8 Å². The van der Waals surface area contributed by atoms with E-state index in [1.165, 1.54) is 4.90 Å². The number of aromatic hydroxyl groups is 1. The van der Waals surface area contributed by atoms with E-state index in [2.05, 4.69) is 0 Å². The van der Waals surface area contributed by atoms with Crippen LogP contribution in [0.15, 0.2) is 23.0 Å². The Kier molecular flexibility index (Phi) is 5.47. The largest absolute Gasteiger partial charge is 0.508 e. The van der Waals surface area contributed by atoms with Gasteiger partial charge in [-0.3, -0.25) is 19.3 Å². The first-order chi connectivity index (χ1) is 16.5. The van der Waals surface area contributed by atoms with Crippen molar-refractivity contribution in [3.05, 3.63) is 34.1 Å². The minimum Gasteiger partial charge on any atom is -0.508 e. The van der Waals surface area contributed by atoms with Gasteiger partial charge >= 0.3 is 0 Å². The number of carbonyl (C=O) groups is 3. The number of nitrogens with zero attached hydrogens (tertiary/aromatic N) is 2. The van der Waals surface area contributed by atoms with Crippen LogP contribution in [-0.4, -0.2) is 82.6 Å². The highest BCUT2D eigenvalue weighted by atomic mass is 16.3. The summed E-state index contributed by atoms with van der Waals surface area (Å²) >= 11 is 0. The van der Waals surface area contributed by atoms with Gasteiger partial charge in [-0.1, -0.05) is 13.8 Å². The topological polar surface area (TPSA) is 191 Å². The fraction of sp³-hybridized carbons (Fsp3) is 0.480. The zero-order valence-corrected chi connectivity index (χ0v) is 21.1. The number of anilines is 2. The molecule has 0 heterocycles. The summed E-state index contributed by atoms with van der Waals surface area (Å²) in [6.45, 7) is 3.67. The number of amides is 1. The molecule has 4 atom stereocenters. The summed E-state index contributed by atoms with van der Waals surface area (Å²) in [6.07, 6.45) is -0.00321. The molecule has 1 amide bonds. The Morgan fingerprint density at radius 3 is 2.19 bits per heavy atom. The van der Waals surface area contributed by atoms with Gasteiger partial charge in [0.25, 0.3) is 5.91 Å². The van der Waals surface area contributed by atoms with Crippen LogP contribution in [0.3, 0.4) is 0 Å². The summed E-state index contributed by atoms with van der Waals surface area (Å²) in [7, 11) is 6.67. The van der Waals surface area contributed by atoms with Crippen LogP contribution in [0.1, 0.15) is 31.4 Å². The number of nitrogens with two attached hydrogens (primary N) is 2. The lowest BCUT2D eigenvalue weighted by Crippen LogP contribution is -2.66. The second kappa shape index (κ2) is 7.71. The summed E-state index contributed by atoms with van der Waals surface area (Å²) in [4.78, 5) is 42.6. The van der Waals surface area contributed by atoms with Crippen molar-refractivity contribution in [1.82, 2.24) is 4.90 Å². The third-order valence-corrected chi connectivity index (χ3v) is 8.06. The molecule has 11 nitrogen and oxygen atoms in total. The van der Waals surface area contributed by atoms with Gasteiger partial charge in [0, 0.05) is 37.2 Å². The molecule has 11 heteroatoms. The summed E-state index contributed by atoms with van der Waals surface area (Å²) in [5.74, 6) is -7.13. The van der Waals surface area contributed by atoms with Crippen molar-refractivity contribution in [3.63, 3.8) is 0 Å². The number of phenols is 1. The highest BCUT2D eigenvalue weighted by Gasteiger charge is 2.66. The molecule has 1 aromatic rings. The molecule has 0 radical (unpaired) electrons. The number of likely N-dealkylation sites (N-methyl/N-ethyl adjacent to an activating group) is 1. The van der Waals surface area contributed by atoms with E-state index in [0.29, 0.717) is 11.3 Å². The van der Waals surface area contributed by atoms with E-state index in [-0.39, 0.29) is 23.2 Å². The molecule has 0 saturated heterocycles. The minimum atomic E-state index is -2.69. The number of aliphatic hydroxyl groups is 3. The highest BCUT2D eigenvalue weighted by Crippen LogP contribution is 2.60. The number of primary amides is 1. The molecule has 1 aromatic carbocycles. The summed E-state index contributed by atoms with van der Waals surface area (Å²) < 4.78 is 0. The van der Waals surface area contributed by atoms with Crippen LogP contribution in [0.2, 0.25) is 0 Å². The van der Waals surface area contributed by atoms with Gasteiger partial charge in [-0.05, 0) is 37.6 Å². The minimum absolute atomic E-state index is 0.00321. The van der Waals surface area contributed by atoms with Crippen LogP contribution in [-0.2, 0) is 19.8 Å². The van der Waals surface area contributed by atoms with Gasteiger partial charge in [-0.2, -0.15) is 0 Å². The van der Waals surface area contributed by atoms with Gasteiger partial charge in [0.05, 0.1) is 17.3 Å². The molecule has 0 bridgehead atoms. The molecule has 3 aliphatic carbocycles. The fourth-order valence-corrected chi connectivity index (χ4v) is 6.34. The van der Waals surface area contributed by atoms with Gasteiger partial charge in [0.1, 0.15) is 22.8 Å². The average molecular weight is 501 g/mol. The average Bonchev–Trinajstić information content (AvgIpc) is 2.75. The van der Waals surface area contributed by atoms with Crippen molar-refractivity contribution in [2.24, 2.45) is 17.6 Å². The Bertz CT molecular complexity index is 1290. The van der Waals surface area contributed by atoms with Gasteiger partial charge < -0.3 is 36.8 Å². The van der Waals surface area contributed by atoms with Crippen molar-refractivity contribution in [2.75, 3.05) is 38.8 Å². The van der Waals surface area contributed by atoms with Crippen LogP contribution in [0.5, 0.6) is 5.75 Å². The van der Waals surface area contributed by atoms with Crippen LogP contribution < -0.4 is 16.4 Å². The summed E-state index contributed by atoms with van der Waals surface area (Å²) in [6, 6.07) is 0.432. The first-order valence-electron chi connectivity index (χ1n) is 11.5. The van der Waals surface area contributed by atoms with E-state index in [0.717, 1.165) is 0 Å². The number of nitrogen functional groups attached to an aromatic ring is 1. The number of aliphatic hydroxyl groups excluding tert-OH is 2. The molecule has 0 aliphatic heterocycles. The summed E-state index contributed by atoms with van der Waals surface area (Å²) in [5, 5.41) is 45.0. The van der Waals surface area contributed by atoms with Gasteiger partial charge in [0.15, 0.2) is 11.4 Å². The van der Waals surface area contributed by atoms with E-state index in [1.54, 1.807) is 39.2 Å². The second-order valence-electron chi connectivity index (χ2n) is 10.8. The molecule has 3 aliphatic rings. The van der Waals surface area contributed by atoms with E-state index in [1.807, 2.05) is 13.8 Å². The molecule has 0 aromatic heterocycles. The Labute approximate surface area is 208 Å². The molecular formula is C25H32N4O7. The molecule has 0 unspecified atom stereocenters. The zero-order chi connectivity index (χ0) is 27.2. The lowest BCUT2D eigenvalue weighted by Gasteiger charge is -2.54. The van der Waals surface area contributed by atoms with Crippen molar-refractivity contribution in [1.29, 1.82) is 0 Å². The van der Waals surface area contributed by atoms with Crippen LogP contribution >= 0.6 is 0 Å². The molecule has 0 spiro atoms. The SMILES string of the molecule is CN(C)c1cc(N)c(O)c2c1C(C)(C)[C@H]1C[C@H]3[C@H](N(C)C)C(=O)C(C(N)=O)=C(O)[C@@]3(O)C(=O)C1=C2O. The van der Waals surface area contributed by atoms with Crippen molar-refractivity contribution in [3.8, 4) is 5.75 Å². The lowest BCUT2D eigenvalue weighted by molar-refractivity contribution is -0.154.